The first-order chi connectivity index (χ1) is 17.5. The van der Waals surface area contributed by atoms with E-state index in [9.17, 15) is 18.0 Å². The fourth-order valence-corrected chi connectivity index (χ4v) is 4.88. The first-order valence-electron chi connectivity index (χ1n) is 12.4. The average molecular weight is 515 g/mol. The van der Waals surface area contributed by atoms with E-state index in [1.165, 1.54) is 11.6 Å². The highest BCUT2D eigenvalue weighted by molar-refractivity contribution is 5.70. The minimum atomic E-state index is -4.58. The highest BCUT2D eigenvalue weighted by Crippen LogP contribution is 2.49. The van der Waals surface area contributed by atoms with E-state index in [0.29, 0.717) is 12.4 Å². The molecule has 2 fully saturated rings. The monoisotopic (exact) mass is 514 g/mol. The zero-order chi connectivity index (χ0) is 26.4. The normalized spacial score (nSPS) is 20.7. The summed E-state index contributed by atoms with van der Waals surface area (Å²) in [6.45, 7) is 5.84. The Bertz CT molecular complexity index is 1270. The molecule has 0 N–H and O–H groups in total. The van der Waals surface area contributed by atoms with Crippen molar-refractivity contribution in [2.24, 2.45) is 0 Å². The Morgan fingerprint density at radius 2 is 1.89 bits per heavy atom. The van der Waals surface area contributed by atoms with Crippen LogP contribution in [-0.4, -0.2) is 44.3 Å². The Morgan fingerprint density at radius 3 is 2.51 bits per heavy atom. The van der Waals surface area contributed by atoms with E-state index in [4.69, 9.17) is 9.26 Å². The molecule has 196 valence electrons. The van der Waals surface area contributed by atoms with Gasteiger partial charge < -0.3 is 14.2 Å². The molecular formula is C27H29F3N4O3. The predicted octanol–water partition coefficient (Wildman–Crippen LogP) is 6.37. The van der Waals surface area contributed by atoms with Crippen LogP contribution in [0.5, 0.6) is 0 Å². The molecule has 0 bridgehead atoms. The SMILES string of the molecule is CC(C)(C)OC(=O)N(CC1(c2noc(-c3ccnc(C(F)(F)F)c3)n2)CCC1)[C@H]1CC1c1ccccc1. The summed E-state index contributed by atoms with van der Waals surface area (Å²) in [5, 5.41) is 4.16. The molecule has 2 saturated carbocycles. The van der Waals surface area contributed by atoms with Gasteiger partial charge in [0.1, 0.15) is 11.3 Å². The molecular weight excluding hydrogens is 485 g/mol. The first-order valence-corrected chi connectivity index (χ1v) is 12.4. The molecule has 2 heterocycles. The summed E-state index contributed by atoms with van der Waals surface area (Å²) in [7, 11) is 0. The van der Waals surface area contributed by atoms with Gasteiger partial charge in [0.25, 0.3) is 5.89 Å². The molecule has 2 aliphatic carbocycles. The maximum Gasteiger partial charge on any atom is 0.433 e. The number of pyridine rings is 1. The molecule has 0 spiro atoms. The van der Waals surface area contributed by atoms with E-state index in [1.54, 1.807) is 4.90 Å². The number of carbonyl (C=O) groups excluding carboxylic acids is 1. The molecule has 1 aromatic carbocycles. The summed E-state index contributed by atoms with van der Waals surface area (Å²) >= 11 is 0. The van der Waals surface area contributed by atoms with Gasteiger partial charge in [0.15, 0.2) is 5.82 Å². The second-order valence-corrected chi connectivity index (χ2v) is 10.9. The summed E-state index contributed by atoms with van der Waals surface area (Å²) in [5.74, 6) is 0.598. The molecule has 0 saturated heterocycles. The summed E-state index contributed by atoms with van der Waals surface area (Å²) in [6.07, 6.45) is -0.685. The van der Waals surface area contributed by atoms with Crippen LogP contribution in [0.3, 0.4) is 0 Å². The quantitative estimate of drug-likeness (QED) is 0.381. The standard InChI is InChI=1S/C27H29F3N4O3/c1-25(2,3)36-24(35)34(20-15-19(20)17-8-5-4-6-9-17)16-26(11-7-12-26)23-32-22(37-33-23)18-10-13-31-21(14-18)27(28,29)30/h4-6,8-10,13-14,19-20H,7,11-12,15-16H2,1-3H3/t19?,20-/m0/s1. The van der Waals surface area contributed by atoms with Gasteiger partial charge in [-0.05, 0) is 57.7 Å². The van der Waals surface area contributed by atoms with Crippen molar-refractivity contribution in [3.63, 3.8) is 0 Å². The topological polar surface area (TPSA) is 81.4 Å². The lowest BCUT2D eigenvalue weighted by Crippen LogP contribution is -2.50. The number of amides is 1. The third-order valence-corrected chi connectivity index (χ3v) is 6.99. The largest absolute Gasteiger partial charge is 0.444 e. The van der Waals surface area contributed by atoms with E-state index in [0.717, 1.165) is 37.9 Å². The van der Waals surface area contributed by atoms with Crippen molar-refractivity contribution in [2.45, 2.75) is 75.6 Å². The molecule has 2 atom stereocenters. The van der Waals surface area contributed by atoms with Crippen molar-refractivity contribution < 1.29 is 27.2 Å². The van der Waals surface area contributed by atoms with Crippen LogP contribution in [0, 0.1) is 0 Å². The van der Waals surface area contributed by atoms with Gasteiger partial charge in [-0.25, -0.2) is 4.79 Å². The molecule has 0 radical (unpaired) electrons. The van der Waals surface area contributed by atoms with Crippen molar-refractivity contribution in [1.29, 1.82) is 0 Å². The number of hydrogen-bond acceptors (Lipinski definition) is 6. The maximum absolute atomic E-state index is 13.4. The maximum atomic E-state index is 13.4. The molecule has 3 aromatic rings. The molecule has 1 amide bonds. The minimum Gasteiger partial charge on any atom is -0.444 e. The van der Waals surface area contributed by atoms with Crippen LogP contribution in [0.4, 0.5) is 18.0 Å². The first kappa shape index (κ1) is 25.2. The Labute approximate surface area is 213 Å². The summed E-state index contributed by atoms with van der Waals surface area (Å²) < 4.78 is 50.6. The lowest BCUT2D eigenvalue weighted by atomic mass is 9.67. The smallest absolute Gasteiger partial charge is 0.433 e. The molecule has 0 aliphatic heterocycles. The van der Waals surface area contributed by atoms with Gasteiger partial charge in [-0.15, -0.1) is 0 Å². The number of benzene rings is 1. The van der Waals surface area contributed by atoms with Crippen LogP contribution in [0.2, 0.25) is 0 Å². The van der Waals surface area contributed by atoms with Gasteiger partial charge in [0.05, 0.1) is 5.41 Å². The third-order valence-electron chi connectivity index (χ3n) is 6.99. The van der Waals surface area contributed by atoms with Crippen molar-refractivity contribution in [2.75, 3.05) is 6.54 Å². The Morgan fingerprint density at radius 1 is 1.16 bits per heavy atom. The molecule has 7 nitrogen and oxygen atoms in total. The molecule has 2 aromatic heterocycles. The van der Waals surface area contributed by atoms with Crippen molar-refractivity contribution in [1.82, 2.24) is 20.0 Å². The lowest BCUT2D eigenvalue weighted by molar-refractivity contribution is -0.141. The second kappa shape index (κ2) is 9.15. The third kappa shape index (κ3) is 5.33. The minimum absolute atomic E-state index is 0.00780. The van der Waals surface area contributed by atoms with Gasteiger partial charge in [-0.1, -0.05) is 41.9 Å². The number of halogens is 3. The lowest BCUT2D eigenvalue weighted by Gasteiger charge is -2.43. The van der Waals surface area contributed by atoms with Crippen LogP contribution < -0.4 is 0 Å². The molecule has 10 heteroatoms. The zero-order valence-electron chi connectivity index (χ0n) is 21.0. The van der Waals surface area contributed by atoms with E-state index in [-0.39, 0.29) is 23.4 Å². The van der Waals surface area contributed by atoms with Crippen LogP contribution >= 0.6 is 0 Å². The van der Waals surface area contributed by atoms with Gasteiger partial charge in [0, 0.05) is 30.3 Å². The van der Waals surface area contributed by atoms with Crippen LogP contribution in [0.15, 0.2) is 53.2 Å². The van der Waals surface area contributed by atoms with Gasteiger partial charge in [0.2, 0.25) is 0 Å². The fourth-order valence-electron chi connectivity index (χ4n) is 4.88. The number of rotatable bonds is 6. The highest BCUT2D eigenvalue weighted by Gasteiger charge is 2.52. The van der Waals surface area contributed by atoms with E-state index >= 15 is 0 Å². The highest BCUT2D eigenvalue weighted by atomic mass is 19.4. The molecule has 1 unspecified atom stereocenters. The van der Waals surface area contributed by atoms with E-state index < -0.39 is 29.0 Å². The zero-order valence-corrected chi connectivity index (χ0v) is 21.0. The second-order valence-electron chi connectivity index (χ2n) is 10.9. The van der Waals surface area contributed by atoms with Gasteiger partial charge >= 0.3 is 12.3 Å². The van der Waals surface area contributed by atoms with Crippen LogP contribution in [0.1, 0.15) is 69.5 Å². The number of nitrogens with zero attached hydrogens (tertiary/aromatic N) is 4. The Kier molecular flexibility index (Phi) is 6.24. The summed E-state index contributed by atoms with van der Waals surface area (Å²) in [5.41, 5.74) is -0.923. The Balaban J connectivity index is 1.41. The van der Waals surface area contributed by atoms with Crippen molar-refractivity contribution in [3.05, 3.63) is 65.7 Å². The van der Waals surface area contributed by atoms with Gasteiger partial charge in [-0.2, -0.15) is 18.2 Å². The van der Waals surface area contributed by atoms with Crippen LogP contribution in [-0.2, 0) is 16.3 Å². The molecule has 2 aliphatic rings. The van der Waals surface area contributed by atoms with E-state index in [1.807, 2.05) is 39.0 Å². The number of aromatic nitrogens is 3. The fraction of sp³-hybridized carbons (Fsp3) is 0.481. The summed E-state index contributed by atoms with van der Waals surface area (Å²) in [4.78, 5) is 23.0. The predicted molar refractivity (Wildman–Crippen MR) is 129 cm³/mol. The molecule has 5 rings (SSSR count). The average Bonchev–Trinajstić information content (AvgIpc) is 3.44. The van der Waals surface area contributed by atoms with Gasteiger partial charge in [-0.3, -0.25) is 4.98 Å². The van der Waals surface area contributed by atoms with E-state index in [2.05, 4.69) is 27.3 Å². The summed E-state index contributed by atoms with van der Waals surface area (Å²) in [6, 6.07) is 12.3. The number of alkyl halides is 3. The number of ether oxygens (including phenoxy) is 1. The number of hydrogen-bond donors (Lipinski definition) is 0. The van der Waals surface area contributed by atoms with Crippen LogP contribution in [0.25, 0.3) is 11.5 Å². The number of carbonyl (C=O) groups is 1. The van der Waals surface area contributed by atoms with Crippen molar-refractivity contribution in [3.8, 4) is 11.5 Å². The molecule has 37 heavy (non-hydrogen) atoms. The van der Waals surface area contributed by atoms with Crippen molar-refractivity contribution >= 4 is 6.09 Å². The Hall–Kier alpha value is -3.43.